The third-order valence-electron chi connectivity index (χ3n) is 7.18. The van der Waals surface area contributed by atoms with Gasteiger partial charge in [0.2, 0.25) is 5.95 Å². The van der Waals surface area contributed by atoms with Crippen LogP contribution in [-0.4, -0.2) is 34.7 Å². The molecule has 6 nitrogen and oxygen atoms in total. The minimum atomic E-state index is -0.603. The average molecular weight is 464 g/mol. The van der Waals surface area contributed by atoms with Crippen LogP contribution < -0.4 is 20.3 Å². The number of nitrogens with one attached hydrogen (secondary N) is 2. The normalized spacial score (nSPS) is 20.2. The largest absolute Gasteiger partial charge is 0.486 e. The van der Waals surface area contributed by atoms with Gasteiger partial charge in [0, 0.05) is 23.3 Å². The topological polar surface area (TPSA) is 62.3 Å². The van der Waals surface area contributed by atoms with Crippen LogP contribution >= 0.6 is 0 Å². The number of nitrogens with zero attached hydrogens (tertiary/aromatic N) is 3. The molecule has 1 unspecified atom stereocenters. The molecule has 1 saturated heterocycles. The molecule has 4 heterocycles. The molecule has 3 aliphatic rings. The third kappa shape index (κ3) is 3.57. The molecule has 1 fully saturated rings. The van der Waals surface area contributed by atoms with Crippen LogP contribution in [0.3, 0.4) is 0 Å². The van der Waals surface area contributed by atoms with E-state index in [0.29, 0.717) is 17.9 Å². The Morgan fingerprint density at radius 2 is 2.03 bits per heavy atom. The molecule has 3 aromatic rings. The summed E-state index contributed by atoms with van der Waals surface area (Å²) in [6.45, 7) is 6.54. The predicted octanol–water partition coefficient (Wildman–Crippen LogP) is 4.95. The summed E-state index contributed by atoms with van der Waals surface area (Å²) < 4.78 is 35.8. The second kappa shape index (κ2) is 7.91. The van der Waals surface area contributed by atoms with Gasteiger partial charge in [-0.1, -0.05) is 6.07 Å². The molecule has 8 heteroatoms. The van der Waals surface area contributed by atoms with Crippen molar-refractivity contribution in [2.75, 3.05) is 23.4 Å². The molecule has 1 aromatic heterocycles. The highest BCUT2D eigenvalue weighted by Crippen LogP contribution is 2.47. The van der Waals surface area contributed by atoms with Gasteiger partial charge < -0.3 is 20.3 Å². The van der Waals surface area contributed by atoms with Crippen LogP contribution in [0.1, 0.15) is 37.8 Å². The number of fused-ring (bicyclic) bond motifs is 4. The number of halogens is 2. The fourth-order valence-corrected chi connectivity index (χ4v) is 5.48. The van der Waals surface area contributed by atoms with Crippen LogP contribution in [-0.2, 0) is 13.0 Å². The van der Waals surface area contributed by atoms with E-state index in [9.17, 15) is 4.39 Å². The number of rotatable bonds is 3. The minimum absolute atomic E-state index is 0.0537. The zero-order valence-electron chi connectivity index (χ0n) is 19.3. The molecular weight excluding hydrogens is 436 g/mol. The molecule has 0 bridgehead atoms. The van der Waals surface area contributed by atoms with Gasteiger partial charge in [0.25, 0.3) is 0 Å². The predicted molar refractivity (Wildman–Crippen MR) is 128 cm³/mol. The Kier molecular flexibility index (Phi) is 4.95. The number of ether oxygens (including phenoxy) is 1. The summed E-state index contributed by atoms with van der Waals surface area (Å²) in [7, 11) is 0. The molecule has 0 radical (unpaired) electrons. The number of benzene rings is 2. The van der Waals surface area contributed by atoms with Crippen molar-refractivity contribution in [3.63, 3.8) is 0 Å². The molecule has 6 rings (SSSR count). The average Bonchev–Trinajstić information content (AvgIpc) is 3.15. The summed E-state index contributed by atoms with van der Waals surface area (Å²) in [6, 6.07) is 9.39. The maximum atomic E-state index is 15.1. The van der Waals surface area contributed by atoms with Crippen molar-refractivity contribution in [3.8, 4) is 17.0 Å². The van der Waals surface area contributed by atoms with E-state index < -0.39 is 11.6 Å². The molecule has 1 atom stereocenters. The third-order valence-corrected chi connectivity index (χ3v) is 7.18. The second-order valence-electron chi connectivity index (χ2n) is 9.92. The number of aromatic nitrogens is 2. The first-order chi connectivity index (χ1) is 16.4. The summed E-state index contributed by atoms with van der Waals surface area (Å²) >= 11 is 0. The van der Waals surface area contributed by atoms with Gasteiger partial charge in [0.1, 0.15) is 12.3 Å². The highest BCUT2D eigenvalue weighted by molar-refractivity contribution is 5.74. The van der Waals surface area contributed by atoms with E-state index >= 15 is 4.39 Å². The van der Waals surface area contributed by atoms with E-state index in [2.05, 4.69) is 51.5 Å². The number of hydrogen-bond donors (Lipinski definition) is 2. The van der Waals surface area contributed by atoms with Crippen molar-refractivity contribution < 1.29 is 13.5 Å². The minimum Gasteiger partial charge on any atom is -0.486 e. The lowest BCUT2D eigenvalue weighted by Gasteiger charge is -2.42. The Hall–Kier alpha value is -3.26. The van der Waals surface area contributed by atoms with Gasteiger partial charge in [-0.05, 0) is 75.0 Å². The van der Waals surface area contributed by atoms with Crippen molar-refractivity contribution in [2.45, 2.75) is 51.2 Å². The summed E-state index contributed by atoms with van der Waals surface area (Å²) in [6.07, 6.45) is 4.08. The standard InChI is InChI=1S/C26H27F2N5O/c1-26(2)7-5-19-14-34-24-20(27)10-16(11-22(24)33(19)26)23-21(28)13-30-25(32-23)31-18-4-3-15-6-8-29-12-17(15)9-18/h3-4,9-11,13,19,29H,5-8,12,14H2,1-2H3,(H,30,31,32). The fourth-order valence-electron chi connectivity index (χ4n) is 5.48. The SMILES string of the molecule is CC1(C)CCC2COc3c(F)cc(-c4nc(Nc5ccc6c(c5)CNCC6)ncc4F)cc3N21. The van der Waals surface area contributed by atoms with E-state index in [1.54, 1.807) is 6.07 Å². The van der Waals surface area contributed by atoms with Gasteiger partial charge in [0.05, 0.1) is 17.9 Å². The number of anilines is 3. The van der Waals surface area contributed by atoms with E-state index in [0.717, 1.165) is 44.2 Å². The molecule has 34 heavy (non-hydrogen) atoms. The first kappa shape index (κ1) is 21.3. The zero-order valence-corrected chi connectivity index (χ0v) is 19.3. The van der Waals surface area contributed by atoms with Crippen molar-refractivity contribution in [2.24, 2.45) is 0 Å². The van der Waals surface area contributed by atoms with Crippen LogP contribution in [0.25, 0.3) is 11.3 Å². The van der Waals surface area contributed by atoms with Gasteiger partial charge in [-0.25, -0.2) is 18.7 Å². The Morgan fingerprint density at radius 1 is 1.15 bits per heavy atom. The highest BCUT2D eigenvalue weighted by Gasteiger charge is 2.44. The van der Waals surface area contributed by atoms with Gasteiger partial charge in [-0.15, -0.1) is 0 Å². The van der Waals surface area contributed by atoms with Crippen LogP contribution in [0.5, 0.6) is 5.75 Å². The molecule has 0 spiro atoms. The summed E-state index contributed by atoms with van der Waals surface area (Å²) in [4.78, 5) is 10.8. The zero-order chi connectivity index (χ0) is 23.4. The van der Waals surface area contributed by atoms with Gasteiger partial charge in [-0.2, -0.15) is 0 Å². The van der Waals surface area contributed by atoms with E-state index in [-0.39, 0.29) is 29.0 Å². The smallest absolute Gasteiger partial charge is 0.227 e. The molecule has 2 N–H and O–H groups in total. The summed E-state index contributed by atoms with van der Waals surface area (Å²) in [5.41, 5.74) is 4.30. The Morgan fingerprint density at radius 3 is 2.91 bits per heavy atom. The Balaban J connectivity index is 1.36. The molecule has 176 valence electrons. The van der Waals surface area contributed by atoms with Crippen LogP contribution in [0.15, 0.2) is 36.5 Å². The Labute approximate surface area is 197 Å². The van der Waals surface area contributed by atoms with Crippen molar-refractivity contribution in [1.29, 1.82) is 0 Å². The van der Waals surface area contributed by atoms with Gasteiger partial charge >= 0.3 is 0 Å². The van der Waals surface area contributed by atoms with Gasteiger partial charge in [0.15, 0.2) is 17.4 Å². The van der Waals surface area contributed by atoms with E-state index in [4.69, 9.17) is 4.74 Å². The maximum absolute atomic E-state index is 15.1. The van der Waals surface area contributed by atoms with Crippen LogP contribution in [0.4, 0.5) is 26.1 Å². The lowest BCUT2D eigenvalue weighted by atomic mass is 10.00. The molecule has 3 aliphatic heterocycles. The first-order valence-corrected chi connectivity index (χ1v) is 11.8. The Bertz CT molecular complexity index is 1280. The fraction of sp³-hybridized carbons (Fsp3) is 0.385. The maximum Gasteiger partial charge on any atom is 0.227 e. The highest BCUT2D eigenvalue weighted by atomic mass is 19.1. The van der Waals surface area contributed by atoms with Gasteiger partial charge in [-0.3, -0.25) is 0 Å². The van der Waals surface area contributed by atoms with Crippen LogP contribution in [0, 0.1) is 11.6 Å². The molecule has 0 aliphatic carbocycles. The molecule has 0 amide bonds. The molecule has 0 saturated carbocycles. The molecule has 2 aromatic carbocycles. The summed E-state index contributed by atoms with van der Waals surface area (Å²) in [5.74, 6) is -0.629. The van der Waals surface area contributed by atoms with Crippen molar-refractivity contribution >= 4 is 17.3 Å². The van der Waals surface area contributed by atoms with E-state index in [1.807, 2.05) is 6.07 Å². The van der Waals surface area contributed by atoms with Crippen LogP contribution in [0.2, 0.25) is 0 Å². The monoisotopic (exact) mass is 463 g/mol. The first-order valence-electron chi connectivity index (χ1n) is 11.8. The van der Waals surface area contributed by atoms with Crippen molar-refractivity contribution in [1.82, 2.24) is 15.3 Å². The quantitative estimate of drug-likeness (QED) is 0.573. The lowest BCUT2D eigenvalue weighted by Crippen LogP contribution is -2.48. The summed E-state index contributed by atoms with van der Waals surface area (Å²) in [5, 5.41) is 6.54. The lowest BCUT2D eigenvalue weighted by molar-refractivity contribution is 0.252. The molecular formula is C26H27F2N5O. The number of hydrogen-bond acceptors (Lipinski definition) is 6. The second-order valence-corrected chi connectivity index (χ2v) is 9.92. The van der Waals surface area contributed by atoms with E-state index in [1.165, 1.54) is 17.2 Å². The van der Waals surface area contributed by atoms with Crippen molar-refractivity contribution in [3.05, 3.63) is 59.3 Å².